The zero-order valence-corrected chi connectivity index (χ0v) is 16.0. The van der Waals surface area contributed by atoms with Crippen molar-refractivity contribution in [2.75, 3.05) is 13.2 Å². The summed E-state index contributed by atoms with van der Waals surface area (Å²) in [5, 5.41) is 40.0. The molecule has 150 valence electrons. The normalized spacial score (nSPS) is 28.4. The van der Waals surface area contributed by atoms with Crippen molar-refractivity contribution in [3.05, 3.63) is 12.2 Å². The van der Waals surface area contributed by atoms with E-state index in [1.165, 1.54) is 0 Å². The highest BCUT2D eigenvalue weighted by Crippen LogP contribution is 2.46. The van der Waals surface area contributed by atoms with Crippen LogP contribution in [0.3, 0.4) is 0 Å². The average Bonchev–Trinajstić information content (AvgIpc) is 3.29. The number of hydrogen-bond acceptors (Lipinski definition) is 7. The summed E-state index contributed by atoms with van der Waals surface area (Å²) in [6, 6.07) is 0. The molecule has 0 spiro atoms. The monoisotopic (exact) mass is 372 g/mol. The number of ether oxygens (including phenoxy) is 1. The Morgan fingerprint density at radius 1 is 1.19 bits per heavy atom. The van der Waals surface area contributed by atoms with Crippen LogP contribution in [-0.2, 0) is 14.3 Å². The Morgan fingerprint density at radius 2 is 1.77 bits per heavy atom. The summed E-state index contributed by atoms with van der Waals surface area (Å²) in [5.74, 6) is -3.34. The summed E-state index contributed by atoms with van der Waals surface area (Å²) in [6.07, 6.45) is 0.816. The number of epoxide rings is 1. The third-order valence-electron chi connectivity index (χ3n) is 5.25. The van der Waals surface area contributed by atoms with E-state index in [0.717, 1.165) is 0 Å². The molecule has 1 fully saturated rings. The zero-order valence-electron chi connectivity index (χ0n) is 16.0. The van der Waals surface area contributed by atoms with E-state index in [0.29, 0.717) is 0 Å². The summed E-state index contributed by atoms with van der Waals surface area (Å²) in [6.45, 7) is 5.79. The molecule has 0 aromatic heterocycles. The van der Waals surface area contributed by atoms with Crippen molar-refractivity contribution in [2.45, 2.75) is 64.4 Å². The third kappa shape index (κ3) is 4.98. The van der Waals surface area contributed by atoms with Gasteiger partial charge in [-0.05, 0) is 13.8 Å². The zero-order chi connectivity index (χ0) is 20.1. The summed E-state index contributed by atoms with van der Waals surface area (Å²) in [7, 11) is 0. The quantitative estimate of drug-likeness (QED) is 0.285. The Balaban J connectivity index is 2.88. The van der Waals surface area contributed by atoms with E-state index in [-0.39, 0.29) is 30.6 Å². The van der Waals surface area contributed by atoms with Gasteiger partial charge in [0.1, 0.15) is 17.2 Å². The molecule has 0 radical (unpaired) electrons. The highest BCUT2D eigenvalue weighted by molar-refractivity contribution is 5.86. The van der Waals surface area contributed by atoms with Crippen molar-refractivity contribution >= 4 is 11.6 Å². The van der Waals surface area contributed by atoms with Crippen LogP contribution in [0, 0.1) is 17.8 Å². The summed E-state index contributed by atoms with van der Waals surface area (Å²) < 4.78 is 5.63. The molecule has 7 heteroatoms. The molecule has 0 aromatic carbocycles. The van der Waals surface area contributed by atoms with Crippen molar-refractivity contribution < 1.29 is 34.8 Å². The molecular formula is C19H32O7. The van der Waals surface area contributed by atoms with Crippen LogP contribution in [-0.4, -0.2) is 69.1 Å². The minimum Gasteiger partial charge on any atom is -0.396 e. The number of carbonyl (C=O) groups is 2. The highest BCUT2D eigenvalue weighted by Gasteiger charge is 2.61. The Hall–Kier alpha value is -1.12. The number of ketones is 2. The predicted molar refractivity (Wildman–Crippen MR) is 95.3 cm³/mol. The molecule has 1 rings (SSSR count). The van der Waals surface area contributed by atoms with Crippen molar-refractivity contribution in [1.29, 1.82) is 0 Å². The second-order valence-electron chi connectivity index (χ2n) is 7.20. The molecule has 7 nitrogen and oxygen atoms in total. The van der Waals surface area contributed by atoms with E-state index in [4.69, 9.17) is 4.74 Å². The van der Waals surface area contributed by atoms with Gasteiger partial charge in [-0.25, -0.2) is 0 Å². The smallest absolute Gasteiger partial charge is 0.148 e. The van der Waals surface area contributed by atoms with Crippen LogP contribution in [0.5, 0.6) is 0 Å². The average molecular weight is 372 g/mol. The van der Waals surface area contributed by atoms with Crippen LogP contribution in [0.15, 0.2) is 12.2 Å². The van der Waals surface area contributed by atoms with Crippen molar-refractivity contribution in [1.82, 2.24) is 0 Å². The summed E-state index contributed by atoms with van der Waals surface area (Å²) in [4.78, 5) is 24.2. The molecule has 0 aliphatic carbocycles. The van der Waals surface area contributed by atoms with E-state index in [2.05, 4.69) is 0 Å². The molecule has 3 unspecified atom stereocenters. The molecule has 26 heavy (non-hydrogen) atoms. The molecule has 1 saturated heterocycles. The van der Waals surface area contributed by atoms with E-state index in [1.807, 2.05) is 26.0 Å². The Kier molecular flexibility index (Phi) is 8.56. The lowest BCUT2D eigenvalue weighted by Gasteiger charge is -2.28. The Bertz CT molecular complexity index is 518. The maximum absolute atomic E-state index is 12.7. The van der Waals surface area contributed by atoms with Gasteiger partial charge < -0.3 is 25.2 Å². The van der Waals surface area contributed by atoms with E-state index in [1.54, 1.807) is 13.8 Å². The lowest BCUT2D eigenvalue weighted by atomic mass is 9.79. The van der Waals surface area contributed by atoms with Crippen molar-refractivity contribution in [2.24, 2.45) is 17.8 Å². The molecule has 0 bridgehead atoms. The maximum Gasteiger partial charge on any atom is 0.148 e. The lowest BCUT2D eigenvalue weighted by Crippen LogP contribution is -2.47. The largest absolute Gasteiger partial charge is 0.396 e. The van der Waals surface area contributed by atoms with Gasteiger partial charge in [0.05, 0.1) is 43.4 Å². The SMILES string of the molecule is C/C=C\[C@H](C)[C@H]1OC1(C)[C@@H](O)[C@@H](CO)C(=O)C(CO)C(O)CC(=O)CC. The first-order valence-corrected chi connectivity index (χ1v) is 9.11. The second-order valence-corrected chi connectivity index (χ2v) is 7.20. The molecule has 0 saturated carbocycles. The Morgan fingerprint density at radius 3 is 2.23 bits per heavy atom. The molecule has 0 amide bonds. The number of allylic oxidation sites excluding steroid dienone is 1. The van der Waals surface area contributed by atoms with Gasteiger partial charge in [0.2, 0.25) is 0 Å². The number of Topliss-reactive ketones (excluding diaryl/α,β-unsaturated/α-hetero) is 2. The lowest BCUT2D eigenvalue weighted by molar-refractivity contribution is -0.140. The van der Waals surface area contributed by atoms with Crippen LogP contribution in [0.25, 0.3) is 0 Å². The number of rotatable bonds is 12. The number of aliphatic hydroxyl groups excluding tert-OH is 4. The first-order chi connectivity index (χ1) is 12.2. The van der Waals surface area contributed by atoms with Gasteiger partial charge in [0, 0.05) is 18.8 Å². The molecule has 1 heterocycles. The predicted octanol–water partition coefficient (Wildman–Crippen LogP) is 0.233. The van der Waals surface area contributed by atoms with E-state index < -0.39 is 48.6 Å². The van der Waals surface area contributed by atoms with Gasteiger partial charge in [-0.1, -0.05) is 26.0 Å². The van der Waals surface area contributed by atoms with Crippen LogP contribution >= 0.6 is 0 Å². The molecular weight excluding hydrogens is 340 g/mol. The number of hydrogen-bond donors (Lipinski definition) is 4. The molecule has 1 aliphatic rings. The molecule has 4 N–H and O–H groups in total. The molecule has 7 atom stereocenters. The first kappa shape index (κ1) is 22.9. The van der Waals surface area contributed by atoms with Crippen LogP contribution in [0.2, 0.25) is 0 Å². The highest BCUT2D eigenvalue weighted by atomic mass is 16.6. The van der Waals surface area contributed by atoms with E-state index in [9.17, 15) is 30.0 Å². The standard InChI is InChI=1S/C19H32O7/c1-5-7-11(3)18-19(4,26-18)17(25)14(10-21)16(24)13(9-20)15(23)8-12(22)6-2/h5,7,11,13-15,17-18,20-21,23,25H,6,8-10H2,1-4H3/b7-5-/t11-,13?,14-,15?,17-,18+,19?/m0/s1. The van der Waals surface area contributed by atoms with Gasteiger partial charge in [-0.3, -0.25) is 9.59 Å². The van der Waals surface area contributed by atoms with Crippen molar-refractivity contribution in [3.8, 4) is 0 Å². The topological polar surface area (TPSA) is 128 Å². The third-order valence-corrected chi connectivity index (χ3v) is 5.25. The minimum atomic E-state index is -1.35. The van der Waals surface area contributed by atoms with Gasteiger partial charge in [-0.2, -0.15) is 0 Å². The van der Waals surface area contributed by atoms with Gasteiger partial charge in [0.25, 0.3) is 0 Å². The Labute approximate surface area is 154 Å². The first-order valence-electron chi connectivity index (χ1n) is 9.11. The van der Waals surface area contributed by atoms with E-state index >= 15 is 0 Å². The molecule has 1 aliphatic heterocycles. The minimum absolute atomic E-state index is 0.0236. The number of aliphatic hydroxyl groups is 4. The fourth-order valence-corrected chi connectivity index (χ4v) is 3.45. The number of carbonyl (C=O) groups excluding carboxylic acids is 2. The molecule has 0 aromatic rings. The van der Waals surface area contributed by atoms with Crippen LogP contribution in [0.1, 0.15) is 40.5 Å². The second kappa shape index (κ2) is 9.71. The van der Waals surface area contributed by atoms with Gasteiger partial charge >= 0.3 is 0 Å². The van der Waals surface area contributed by atoms with Gasteiger partial charge in [0.15, 0.2) is 0 Å². The van der Waals surface area contributed by atoms with Crippen LogP contribution < -0.4 is 0 Å². The van der Waals surface area contributed by atoms with Gasteiger partial charge in [-0.15, -0.1) is 0 Å². The fourth-order valence-electron chi connectivity index (χ4n) is 3.45. The van der Waals surface area contributed by atoms with Crippen molar-refractivity contribution in [3.63, 3.8) is 0 Å². The van der Waals surface area contributed by atoms with Crippen LogP contribution in [0.4, 0.5) is 0 Å². The fraction of sp³-hybridized carbons (Fsp3) is 0.789. The summed E-state index contributed by atoms with van der Waals surface area (Å²) in [5.41, 5.74) is -0.994. The maximum atomic E-state index is 12.7. The summed E-state index contributed by atoms with van der Waals surface area (Å²) >= 11 is 0.